The largest absolute Gasteiger partial charge is 0.350 e. The summed E-state index contributed by atoms with van der Waals surface area (Å²) in [6.07, 6.45) is 0.903. The van der Waals surface area contributed by atoms with Crippen LogP contribution in [0.3, 0.4) is 0 Å². The van der Waals surface area contributed by atoms with Crippen LogP contribution < -0.4 is 10.6 Å². The third-order valence-electron chi connectivity index (χ3n) is 3.64. The van der Waals surface area contributed by atoms with E-state index in [1.54, 1.807) is 24.1 Å². The molecule has 1 rings (SSSR count). The first-order valence-electron chi connectivity index (χ1n) is 8.22. The average Bonchev–Trinajstić information content (AvgIpc) is 2.52. The molecule has 0 saturated carbocycles. The molecule has 5 heteroatoms. The quantitative estimate of drug-likeness (QED) is 0.811. The smallest absolute Gasteiger partial charge is 0.317 e. The molecule has 0 aliphatic heterocycles. The van der Waals surface area contributed by atoms with Crippen molar-refractivity contribution in [2.24, 2.45) is 5.92 Å². The normalized spacial score (nSPS) is 11.9. The van der Waals surface area contributed by atoms with Crippen LogP contribution in [0.5, 0.6) is 0 Å². The van der Waals surface area contributed by atoms with Gasteiger partial charge in [0.2, 0.25) is 0 Å². The molecule has 0 aliphatic rings. The van der Waals surface area contributed by atoms with Gasteiger partial charge in [-0.2, -0.15) is 0 Å². The Kier molecular flexibility index (Phi) is 7.59. The first kappa shape index (κ1) is 19.0. The molecule has 0 aromatic heterocycles. The van der Waals surface area contributed by atoms with Crippen LogP contribution in [0.2, 0.25) is 0 Å². The highest BCUT2D eigenvalue weighted by Gasteiger charge is 2.10. The highest BCUT2D eigenvalue weighted by molar-refractivity contribution is 5.94. The summed E-state index contributed by atoms with van der Waals surface area (Å²) in [5, 5.41) is 5.81. The van der Waals surface area contributed by atoms with Gasteiger partial charge in [-0.25, -0.2) is 4.79 Å². The van der Waals surface area contributed by atoms with Gasteiger partial charge in [0.15, 0.2) is 0 Å². The Bertz CT molecular complexity index is 512. The number of nitrogens with one attached hydrogen (secondary N) is 2. The summed E-state index contributed by atoms with van der Waals surface area (Å²) in [5.41, 5.74) is 1.61. The maximum absolute atomic E-state index is 12.0. The van der Waals surface area contributed by atoms with Crippen molar-refractivity contribution in [3.63, 3.8) is 0 Å². The van der Waals surface area contributed by atoms with Crippen LogP contribution >= 0.6 is 0 Å². The SMILES string of the molecule is CC[C@@H](C)NC(=O)c1ccc(CNC(=O)N(C)CC(C)C)cc1. The van der Waals surface area contributed by atoms with Gasteiger partial charge < -0.3 is 15.5 Å². The molecule has 0 unspecified atom stereocenters. The van der Waals surface area contributed by atoms with Crippen molar-refractivity contribution in [1.82, 2.24) is 15.5 Å². The highest BCUT2D eigenvalue weighted by Crippen LogP contribution is 2.06. The van der Waals surface area contributed by atoms with Crippen molar-refractivity contribution in [2.45, 2.75) is 46.7 Å². The second kappa shape index (κ2) is 9.18. The van der Waals surface area contributed by atoms with Crippen LogP contribution in [0.15, 0.2) is 24.3 Å². The second-order valence-electron chi connectivity index (χ2n) is 6.41. The number of carbonyl (C=O) groups excluding carboxylic acids is 2. The summed E-state index contributed by atoms with van der Waals surface area (Å²) in [4.78, 5) is 25.6. The fourth-order valence-electron chi connectivity index (χ4n) is 2.13. The number of nitrogens with zero attached hydrogens (tertiary/aromatic N) is 1. The van der Waals surface area contributed by atoms with Gasteiger partial charge in [-0.1, -0.05) is 32.9 Å². The molecular weight excluding hydrogens is 290 g/mol. The van der Waals surface area contributed by atoms with E-state index >= 15 is 0 Å². The molecule has 0 radical (unpaired) electrons. The molecule has 1 aromatic rings. The maximum Gasteiger partial charge on any atom is 0.317 e. The Morgan fingerprint density at radius 2 is 1.74 bits per heavy atom. The van der Waals surface area contributed by atoms with Crippen LogP contribution in [0.4, 0.5) is 4.79 Å². The molecule has 128 valence electrons. The first-order chi connectivity index (χ1) is 10.8. The van der Waals surface area contributed by atoms with Crippen LogP contribution in [0.1, 0.15) is 50.0 Å². The minimum atomic E-state index is -0.0858. The molecule has 3 amide bonds. The van der Waals surface area contributed by atoms with E-state index in [0.29, 0.717) is 18.0 Å². The van der Waals surface area contributed by atoms with Crippen LogP contribution in [0, 0.1) is 5.92 Å². The Labute approximate surface area is 139 Å². The molecule has 0 spiro atoms. The number of rotatable bonds is 7. The summed E-state index contributed by atoms with van der Waals surface area (Å²) >= 11 is 0. The monoisotopic (exact) mass is 319 g/mol. The number of benzene rings is 1. The number of hydrogen-bond acceptors (Lipinski definition) is 2. The summed E-state index contributed by atoms with van der Waals surface area (Å²) < 4.78 is 0. The first-order valence-corrected chi connectivity index (χ1v) is 8.22. The lowest BCUT2D eigenvalue weighted by Crippen LogP contribution is -2.38. The van der Waals surface area contributed by atoms with Gasteiger partial charge in [0.1, 0.15) is 0 Å². The molecule has 0 saturated heterocycles. The predicted molar refractivity (Wildman–Crippen MR) is 93.4 cm³/mol. The van der Waals surface area contributed by atoms with Crippen LogP contribution in [-0.4, -0.2) is 36.5 Å². The molecule has 23 heavy (non-hydrogen) atoms. The van der Waals surface area contributed by atoms with E-state index in [1.807, 2.05) is 26.0 Å². The van der Waals surface area contributed by atoms with Crippen molar-refractivity contribution >= 4 is 11.9 Å². The van der Waals surface area contributed by atoms with Crippen molar-refractivity contribution in [2.75, 3.05) is 13.6 Å². The third-order valence-corrected chi connectivity index (χ3v) is 3.64. The summed E-state index contributed by atoms with van der Waals surface area (Å²) in [5.74, 6) is 0.376. The van der Waals surface area contributed by atoms with Gasteiger partial charge in [0.25, 0.3) is 5.91 Å². The van der Waals surface area contributed by atoms with E-state index in [4.69, 9.17) is 0 Å². The molecule has 5 nitrogen and oxygen atoms in total. The lowest BCUT2D eigenvalue weighted by molar-refractivity contribution is 0.0939. The third kappa shape index (κ3) is 6.72. The standard InChI is InChI=1S/C18H29N3O2/c1-6-14(4)20-17(22)16-9-7-15(8-10-16)11-19-18(23)21(5)12-13(2)3/h7-10,13-14H,6,11-12H2,1-5H3,(H,19,23)(H,20,22)/t14-/m1/s1. The number of amides is 3. The van der Waals surface area contributed by atoms with Gasteiger partial charge in [0.05, 0.1) is 0 Å². The average molecular weight is 319 g/mol. The Morgan fingerprint density at radius 1 is 1.13 bits per heavy atom. The summed E-state index contributed by atoms with van der Waals surface area (Å²) in [6, 6.07) is 7.39. The highest BCUT2D eigenvalue weighted by atomic mass is 16.2. The topological polar surface area (TPSA) is 61.4 Å². The Hall–Kier alpha value is -2.04. The van der Waals surface area contributed by atoms with Gasteiger partial charge in [-0.15, -0.1) is 0 Å². The van der Waals surface area contributed by atoms with Crippen molar-refractivity contribution in [3.05, 3.63) is 35.4 Å². The number of urea groups is 1. The summed E-state index contributed by atoms with van der Waals surface area (Å²) in [7, 11) is 1.79. The zero-order valence-electron chi connectivity index (χ0n) is 14.8. The molecule has 0 aliphatic carbocycles. The van der Waals surface area contributed by atoms with Gasteiger partial charge in [0, 0.05) is 31.7 Å². The summed E-state index contributed by atoms with van der Waals surface area (Å²) in [6.45, 7) is 9.34. The second-order valence-corrected chi connectivity index (χ2v) is 6.41. The molecule has 1 atom stereocenters. The van der Waals surface area contributed by atoms with E-state index in [0.717, 1.165) is 18.5 Å². The molecule has 0 heterocycles. The van der Waals surface area contributed by atoms with Crippen LogP contribution in [-0.2, 0) is 6.54 Å². The van der Waals surface area contributed by atoms with E-state index in [9.17, 15) is 9.59 Å². The van der Waals surface area contributed by atoms with E-state index in [-0.39, 0.29) is 18.0 Å². The van der Waals surface area contributed by atoms with E-state index < -0.39 is 0 Å². The fraction of sp³-hybridized carbons (Fsp3) is 0.556. The number of carbonyl (C=O) groups is 2. The Morgan fingerprint density at radius 3 is 2.26 bits per heavy atom. The fourth-order valence-corrected chi connectivity index (χ4v) is 2.13. The van der Waals surface area contributed by atoms with Gasteiger partial charge in [-0.3, -0.25) is 4.79 Å². The zero-order chi connectivity index (χ0) is 17.4. The minimum Gasteiger partial charge on any atom is -0.350 e. The van der Waals surface area contributed by atoms with E-state index in [1.165, 1.54) is 0 Å². The maximum atomic E-state index is 12.0. The molecule has 1 aromatic carbocycles. The molecule has 0 bridgehead atoms. The molecule has 2 N–H and O–H groups in total. The van der Waals surface area contributed by atoms with Crippen molar-refractivity contribution in [3.8, 4) is 0 Å². The lowest BCUT2D eigenvalue weighted by atomic mass is 10.1. The van der Waals surface area contributed by atoms with Crippen molar-refractivity contribution < 1.29 is 9.59 Å². The van der Waals surface area contributed by atoms with E-state index in [2.05, 4.69) is 24.5 Å². The zero-order valence-corrected chi connectivity index (χ0v) is 14.8. The predicted octanol–water partition coefficient (Wildman–Crippen LogP) is 3.01. The van der Waals surface area contributed by atoms with Crippen LogP contribution in [0.25, 0.3) is 0 Å². The van der Waals surface area contributed by atoms with Gasteiger partial charge >= 0.3 is 6.03 Å². The molecular formula is C18H29N3O2. The van der Waals surface area contributed by atoms with Crippen molar-refractivity contribution in [1.29, 1.82) is 0 Å². The van der Waals surface area contributed by atoms with Gasteiger partial charge in [-0.05, 0) is 37.0 Å². The minimum absolute atomic E-state index is 0.0633. The number of hydrogen-bond donors (Lipinski definition) is 2. The lowest BCUT2D eigenvalue weighted by Gasteiger charge is -2.20. The molecule has 0 fully saturated rings. The Balaban J connectivity index is 2.51.